The Morgan fingerprint density at radius 3 is 2.45 bits per heavy atom. The fraction of sp³-hybridized carbons (Fsp3) is 1.00. The first-order chi connectivity index (χ1) is 4.95. The predicted molar refractivity (Wildman–Crippen MR) is 32.4 cm³/mol. The maximum Gasteiger partial charge on any atom is 0.298 e. The lowest BCUT2D eigenvalue weighted by Crippen LogP contribution is -2.55. The maximum atomic E-state index is 12.5. The van der Waals surface area contributed by atoms with Gasteiger partial charge in [0, 0.05) is 0 Å². The van der Waals surface area contributed by atoms with Crippen molar-refractivity contribution in [3.8, 4) is 0 Å². The standard InChI is InChI=1S/C6H10F2O3/c1-3-4(9)5(10)6(7,8)2-11-3/h3-5,9-10H,2H2,1H3/t3-,4-,5-/m0/s1. The van der Waals surface area contributed by atoms with E-state index in [9.17, 15) is 8.78 Å². The zero-order valence-corrected chi connectivity index (χ0v) is 6.00. The molecule has 5 heteroatoms. The van der Waals surface area contributed by atoms with Crippen molar-refractivity contribution >= 4 is 0 Å². The van der Waals surface area contributed by atoms with Gasteiger partial charge in [-0.1, -0.05) is 0 Å². The van der Waals surface area contributed by atoms with Crippen molar-refractivity contribution in [3.63, 3.8) is 0 Å². The van der Waals surface area contributed by atoms with Gasteiger partial charge in [-0.15, -0.1) is 0 Å². The fourth-order valence-electron chi connectivity index (χ4n) is 0.933. The SMILES string of the molecule is C[C@@H]1OCC(F)(F)[C@@H](O)[C@H]1O. The summed E-state index contributed by atoms with van der Waals surface area (Å²) >= 11 is 0. The monoisotopic (exact) mass is 168 g/mol. The Labute approximate surface area is 62.6 Å². The first-order valence-electron chi connectivity index (χ1n) is 3.30. The molecule has 11 heavy (non-hydrogen) atoms. The van der Waals surface area contributed by atoms with Crippen molar-refractivity contribution in [2.75, 3.05) is 6.61 Å². The number of halogens is 2. The average molecular weight is 168 g/mol. The number of aliphatic hydroxyl groups excluding tert-OH is 2. The molecule has 1 heterocycles. The summed E-state index contributed by atoms with van der Waals surface area (Å²) in [5, 5.41) is 17.7. The highest BCUT2D eigenvalue weighted by molar-refractivity contribution is 4.89. The van der Waals surface area contributed by atoms with Crippen LogP contribution in [0.3, 0.4) is 0 Å². The summed E-state index contributed by atoms with van der Waals surface area (Å²) < 4.78 is 29.5. The summed E-state index contributed by atoms with van der Waals surface area (Å²) in [6, 6.07) is 0. The molecule has 1 rings (SSSR count). The second-order valence-electron chi connectivity index (χ2n) is 2.71. The largest absolute Gasteiger partial charge is 0.387 e. The van der Waals surface area contributed by atoms with Crippen molar-refractivity contribution < 1.29 is 23.7 Å². The summed E-state index contributed by atoms with van der Waals surface area (Å²) in [6.07, 6.45) is -4.24. The molecule has 66 valence electrons. The predicted octanol–water partition coefficient (Wildman–Crippen LogP) is -0.238. The molecule has 0 saturated carbocycles. The van der Waals surface area contributed by atoms with E-state index in [0.29, 0.717) is 0 Å². The number of aliphatic hydroxyl groups is 2. The molecule has 3 nitrogen and oxygen atoms in total. The molecule has 0 aromatic carbocycles. The van der Waals surface area contributed by atoms with Crippen LogP contribution < -0.4 is 0 Å². The fourth-order valence-corrected chi connectivity index (χ4v) is 0.933. The van der Waals surface area contributed by atoms with Crippen LogP contribution in [0.25, 0.3) is 0 Å². The molecule has 0 radical (unpaired) electrons. The molecule has 1 aliphatic rings. The van der Waals surface area contributed by atoms with Gasteiger partial charge in [0.25, 0.3) is 5.92 Å². The lowest BCUT2D eigenvalue weighted by molar-refractivity contribution is -0.249. The molecule has 0 aliphatic carbocycles. The van der Waals surface area contributed by atoms with Crippen molar-refractivity contribution in [1.29, 1.82) is 0 Å². The first-order valence-corrected chi connectivity index (χ1v) is 3.30. The molecular weight excluding hydrogens is 158 g/mol. The Morgan fingerprint density at radius 2 is 2.00 bits per heavy atom. The molecule has 1 fully saturated rings. The second kappa shape index (κ2) is 2.66. The van der Waals surface area contributed by atoms with Crippen LogP contribution in [0, 0.1) is 0 Å². The minimum Gasteiger partial charge on any atom is -0.387 e. The van der Waals surface area contributed by atoms with Crippen molar-refractivity contribution in [2.45, 2.75) is 31.2 Å². The highest BCUT2D eigenvalue weighted by Gasteiger charge is 2.49. The molecule has 1 saturated heterocycles. The smallest absolute Gasteiger partial charge is 0.298 e. The minimum absolute atomic E-state index is 0.732. The van der Waals surface area contributed by atoms with Crippen LogP contribution in [0.4, 0.5) is 8.78 Å². The van der Waals surface area contributed by atoms with Crippen LogP contribution in [0.2, 0.25) is 0 Å². The summed E-state index contributed by atoms with van der Waals surface area (Å²) in [6.45, 7) is 0.607. The van der Waals surface area contributed by atoms with Gasteiger partial charge in [0.05, 0.1) is 6.10 Å². The van der Waals surface area contributed by atoms with E-state index in [-0.39, 0.29) is 0 Å². The molecule has 0 aromatic heterocycles. The Bertz CT molecular complexity index is 151. The molecule has 0 unspecified atom stereocenters. The summed E-state index contributed by atoms with van der Waals surface area (Å²) in [5.74, 6) is -3.33. The highest BCUT2D eigenvalue weighted by atomic mass is 19.3. The normalized spacial score (nSPS) is 43.9. The number of ether oxygens (including phenoxy) is 1. The topological polar surface area (TPSA) is 49.7 Å². The van der Waals surface area contributed by atoms with Crippen LogP contribution in [0.5, 0.6) is 0 Å². The van der Waals surface area contributed by atoms with Gasteiger partial charge < -0.3 is 14.9 Å². The molecule has 2 N–H and O–H groups in total. The summed E-state index contributed by atoms with van der Waals surface area (Å²) in [7, 11) is 0. The average Bonchev–Trinajstić information content (AvgIpc) is 1.95. The highest BCUT2D eigenvalue weighted by Crippen LogP contribution is 2.28. The third kappa shape index (κ3) is 1.50. The molecule has 1 aliphatic heterocycles. The van der Waals surface area contributed by atoms with Gasteiger partial charge in [0.1, 0.15) is 18.8 Å². The molecule has 0 bridgehead atoms. The number of hydrogen-bond donors (Lipinski definition) is 2. The van der Waals surface area contributed by atoms with Gasteiger partial charge >= 0.3 is 0 Å². The Kier molecular flexibility index (Phi) is 2.13. The molecule has 0 amide bonds. The number of hydrogen-bond acceptors (Lipinski definition) is 3. The van der Waals surface area contributed by atoms with Gasteiger partial charge in [-0.2, -0.15) is 0 Å². The van der Waals surface area contributed by atoms with Gasteiger partial charge in [-0.3, -0.25) is 0 Å². The van der Waals surface area contributed by atoms with Gasteiger partial charge in [0.15, 0.2) is 0 Å². The lowest BCUT2D eigenvalue weighted by atomic mass is 10.0. The third-order valence-corrected chi connectivity index (χ3v) is 1.78. The third-order valence-electron chi connectivity index (χ3n) is 1.78. The van der Waals surface area contributed by atoms with Gasteiger partial charge in [-0.05, 0) is 6.92 Å². The van der Waals surface area contributed by atoms with Crippen LogP contribution in [-0.2, 0) is 4.74 Å². The van der Waals surface area contributed by atoms with Crippen molar-refractivity contribution in [1.82, 2.24) is 0 Å². The van der Waals surface area contributed by atoms with Crippen LogP contribution >= 0.6 is 0 Å². The quantitative estimate of drug-likeness (QED) is 0.525. The van der Waals surface area contributed by atoms with Crippen LogP contribution in [0.1, 0.15) is 6.92 Å². The molecule has 3 atom stereocenters. The zero-order chi connectivity index (χ0) is 8.65. The molecule has 0 aromatic rings. The van der Waals surface area contributed by atoms with E-state index in [1.807, 2.05) is 0 Å². The second-order valence-corrected chi connectivity index (χ2v) is 2.71. The Morgan fingerprint density at radius 1 is 1.45 bits per heavy atom. The Balaban J connectivity index is 2.67. The molecule has 0 spiro atoms. The van der Waals surface area contributed by atoms with Gasteiger partial charge in [-0.25, -0.2) is 8.78 Å². The summed E-state index contributed by atoms with van der Waals surface area (Å²) in [4.78, 5) is 0. The van der Waals surface area contributed by atoms with E-state index in [1.165, 1.54) is 6.92 Å². The van der Waals surface area contributed by atoms with Gasteiger partial charge in [0.2, 0.25) is 0 Å². The Hall–Kier alpha value is -0.260. The number of alkyl halides is 2. The van der Waals surface area contributed by atoms with E-state index in [2.05, 4.69) is 4.74 Å². The van der Waals surface area contributed by atoms with Crippen LogP contribution in [-0.4, -0.2) is 41.1 Å². The summed E-state index contributed by atoms with van der Waals surface area (Å²) in [5.41, 5.74) is 0. The van der Waals surface area contributed by atoms with E-state index in [1.54, 1.807) is 0 Å². The van der Waals surface area contributed by atoms with E-state index in [0.717, 1.165) is 0 Å². The van der Waals surface area contributed by atoms with E-state index < -0.39 is 30.8 Å². The zero-order valence-electron chi connectivity index (χ0n) is 6.00. The van der Waals surface area contributed by atoms with E-state index >= 15 is 0 Å². The first kappa shape index (κ1) is 8.83. The van der Waals surface area contributed by atoms with Crippen LogP contribution in [0.15, 0.2) is 0 Å². The molecular formula is C6H10F2O3. The maximum absolute atomic E-state index is 12.5. The van der Waals surface area contributed by atoms with E-state index in [4.69, 9.17) is 10.2 Å². The van der Waals surface area contributed by atoms with Crippen molar-refractivity contribution in [2.24, 2.45) is 0 Å². The lowest BCUT2D eigenvalue weighted by Gasteiger charge is -2.35. The van der Waals surface area contributed by atoms with Crippen molar-refractivity contribution in [3.05, 3.63) is 0 Å². The minimum atomic E-state index is -3.33. The number of rotatable bonds is 0.